The van der Waals surface area contributed by atoms with Crippen molar-refractivity contribution in [3.63, 3.8) is 0 Å². The molecular formula is C10H14O4. The SMILES string of the molecule is C[C@H](O)C1C=CC(C2CCC(=O)O2)O1. The summed E-state index contributed by atoms with van der Waals surface area (Å²) in [4.78, 5) is 10.9. The van der Waals surface area contributed by atoms with Gasteiger partial charge >= 0.3 is 5.97 Å². The Hall–Kier alpha value is -0.870. The standard InChI is InChI=1S/C10H14O4/c1-6(11)7-2-3-8(13-7)9-4-5-10(12)14-9/h2-3,6-9,11H,4-5H2,1H3/t6-,7?,8?,9?/m0/s1. The Morgan fingerprint density at radius 2 is 2.36 bits per heavy atom. The van der Waals surface area contributed by atoms with E-state index in [-0.39, 0.29) is 24.3 Å². The summed E-state index contributed by atoms with van der Waals surface area (Å²) in [6.45, 7) is 1.68. The maximum absolute atomic E-state index is 10.9. The van der Waals surface area contributed by atoms with Gasteiger partial charge in [-0.3, -0.25) is 4.79 Å². The van der Waals surface area contributed by atoms with Crippen LogP contribution in [0.1, 0.15) is 19.8 Å². The highest BCUT2D eigenvalue weighted by Crippen LogP contribution is 2.25. The van der Waals surface area contributed by atoms with E-state index in [1.807, 2.05) is 12.2 Å². The van der Waals surface area contributed by atoms with Gasteiger partial charge in [-0.2, -0.15) is 0 Å². The molecule has 0 aromatic carbocycles. The molecule has 0 bridgehead atoms. The van der Waals surface area contributed by atoms with Gasteiger partial charge in [0.2, 0.25) is 0 Å². The van der Waals surface area contributed by atoms with E-state index in [0.29, 0.717) is 12.8 Å². The second-order valence-electron chi connectivity index (χ2n) is 3.76. The average molecular weight is 198 g/mol. The molecule has 2 rings (SSSR count). The molecular weight excluding hydrogens is 184 g/mol. The van der Waals surface area contributed by atoms with Gasteiger partial charge < -0.3 is 14.6 Å². The van der Waals surface area contributed by atoms with Crippen molar-refractivity contribution in [1.29, 1.82) is 0 Å². The summed E-state index contributed by atoms with van der Waals surface area (Å²) >= 11 is 0. The van der Waals surface area contributed by atoms with E-state index >= 15 is 0 Å². The second-order valence-corrected chi connectivity index (χ2v) is 3.76. The number of aliphatic hydroxyl groups excluding tert-OH is 1. The first kappa shape index (κ1) is 9.68. The first-order valence-electron chi connectivity index (χ1n) is 4.88. The summed E-state index contributed by atoms with van der Waals surface area (Å²) in [6, 6.07) is 0. The van der Waals surface area contributed by atoms with Crippen LogP contribution in [0, 0.1) is 0 Å². The summed E-state index contributed by atoms with van der Waals surface area (Å²) in [5.74, 6) is -0.160. The van der Waals surface area contributed by atoms with E-state index in [1.54, 1.807) is 6.92 Å². The molecule has 2 heterocycles. The van der Waals surface area contributed by atoms with Gasteiger partial charge in [-0.05, 0) is 13.3 Å². The van der Waals surface area contributed by atoms with E-state index in [1.165, 1.54) is 0 Å². The molecule has 4 atom stereocenters. The van der Waals surface area contributed by atoms with Crippen molar-refractivity contribution >= 4 is 5.97 Å². The lowest BCUT2D eigenvalue weighted by atomic mass is 10.1. The lowest BCUT2D eigenvalue weighted by Crippen LogP contribution is -2.30. The quantitative estimate of drug-likeness (QED) is 0.515. The Labute approximate surface area is 82.5 Å². The zero-order chi connectivity index (χ0) is 10.1. The smallest absolute Gasteiger partial charge is 0.306 e. The number of hydrogen-bond donors (Lipinski definition) is 1. The molecule has 0 amide bonds. The van der Waals surface area contributed by atoms with E-state index < -0.39 is 6.10 Å². The van der Waals surface area contributed by atoms with Crippen molar-refractivity contribution in [2.45, 2.75) is 44.2 Å². The maximum Gasteiger partial charge on any atom is 0.306 e. The zero-order valence-corrected chi connectivity index (χ0v) is 8.05. The monoisotopic (exact) mass is 198 g/mol. The Morgan fingerprint density at radius 3 is 2.86 bits per heavy atom. The van der Waals surface area contributed by atoms with Gasteiger partial charge in [0.25, 0.3) is 0 Å². The molecule has 2 aliphatic rings. The van der Waals surface area contributed by atoms with Crippen LogP contribution in [0.3, 0.4) is 0 Å². The number of carbonyl (C=O) groups excluding carboxylic acids is 1. The molecule has 78 valence electrons. The number of ether oxygens (including phenoxy) is 2. The van der Waals surface area contributed by atoms with Gasteiger partial charge in [-0.15, -0.1) is 0 Å². The summed E-state index contributed by atoms with van der Waals surface area (Å²) in [5.41, 5.74) is 0. The Bertz CT molecular complexity index is 259. The minimum atomic E-state index is -0.520. The molecule has 0 radical (unpaired) electrons. The van der Waals surface area contributed by atoms with E-state index in [2.05, 4.69) is 0 Å². The molecule has 0 aromatic heterocycles. The average Bonchev–Trinajstić information content (AvgIpc) is 2.70. The van der Waals surface area contributed by atoms with Crippen LogP contribution in [0.2, 0.25) is 0 Å². The summed E-state index contributed by atoms with van der Waals surface area (Å²) in [6.07, 6.45) is 3.73. The molecule has 2 aliphatic heterocycles. The minimum absolute atomic E-state index is 0.160. The molecule has 0 aromatic rings. The van der Waals surface area contributed by atoms with Crippen molar-refractivity contribution in [2.75, 3.05) is 0 Å². The summed E-state index contributed by atoms with van der Waals surface area (Å²) in [7, 11) is 0. The van der Waals surface area contributed by atoms with Crippen molar-refractivity contribution < 1.29 is 19.4 Å². The normalized spacial score (nSPS) is 38.7. The van der Waals surface area contributed by atoms with Crippen LogP contribution >= 0.6 is 0 Å². The van der Waals surface area contributed by atoms with Crippen LogP contribution in [0.25, 0.3) is 0 Å². The lowest BCUT2D eigenvalue weighted by Gasteiger charge is -2.19. The molecule has 1 saturated heterocycles. The number of cyclic esters (lactones) is 1. The number of hydrogen-bond acceptors (Lipinski definition) is 4. The summed E-state index contributed by atoms with van der Waals surface area (Å²) < 4.78 is 10.6. The highest BCUT2D eigenvalue weighted by molar-refractivity contribution is 5.71. The predicted octanol–water partition coefficient (Wildman–Crippen LogP) is 0.396. The van der Waals surface area contributed by atoms with Gasteiger partial charge in [0.05, 0.1) is 6.10 Å². The van der Waals surface area contributed by atoms with Crippen LogP contribution in [0.4, 0.5) is 0 Å². The van der Waals surface area contributed by atoms with Gasteiger partial charge in [0.15, 0.2) is 0 Å². The lowest BCUT2D eigenvalue weighted by molar-refractivity contribution is -0.146. The van der Waals surface area contributed by atoms with E-state index in [9.17, 15) is 9.90 Å². The Kier molecular flexibility index (Phi) is 2.56. The van der Waals surface area contributed by atoms with Crippen molar-refractivity contribution in [1.82, 2.24) is 0 Å². The number of esters is 1. The Morgan fingerprint density at radius 1 is 1.57 bits per heavy atom. The van der Waals surface area contributed by atoms with Crippen LogP contribution < -0.4 is 0 Å². The van der Waals surface area contributed by atoms with E-state index in [4.69, 9.17) is 9.47 Å². The zero-order valence-electron chi connectivity index (χ0n) is 8.05. The number of aliphatic hydroxyl groups is 1. The van der Waals surface area contributed by atoms with Crippen molar-refractivity contribution in [3.8, 4) is 0 Å². The maximum atomic E-state index is 10.9. The molecule has 0 saturated carbocycles. The number of carbonyl (C=O) groups is 1. The first-order valence-corrected chi connectivity index (χ1v) is 4.88. The van der Waals surface area contributed by atoms with Gasteiger partial charge in [-0.1, -0.05) is 12.2 Å². The molecule has 14 heavy (non-hydrogen) atoms. The topological polar surface area (TPSA) is 55.8 Å². The van der Waals surface area contributed by atoms with Crippen LogP contribution in [0.5, 0.6) is 0 Å². The Balaban J connectivity index is 1.90. The van der Waals surface area contributed by atoms with Crippen LogP contribution in [0.15, 0.2) is 12.2 Å². The second kappa shape index (κ2) is 3.71. The fourth-order valence-corrected chi connectivity index (χ4v) is 1.76. The molecule has 0 aliphatic carbocycles. The van der Waals surface area contributed by atoms with Crippen molar-refractivity contribution in [2.24, 2.45) is 0 Å². The van der Waals surface area contributed by atoms with Crippen molar-refractivity contribution in [3.05, 3.63) is 12.2 Å². The highest BCUT2D eigenvalue weighted by Gasteiger charge is 2.35. The highest BCUT2D eigenvalue weighted by atomic mass is 16.6. The van der Waals surface area contributed by atoms with Gasteiger partial charge in [-0.25, -0.2) is 0 Å². The minimum Gasteiger partial charge on any atom is -0.459 e. The van der Waals surface area contributed by atoms with Gasteiger partial charge in [0, 0.05) is 6.42 Å². The van der Waals surface area contributed by atoms with Gasteiger partial charge in [0.1, 0.15) is 18.3 Å². The van der Waals surface area contributed by atoms with Crippen LogP contribution in [-0.2, 0) is 14.3 Å². The fraction of sp³-hybridized carbons (Fsp3) is 0.700. The third kappa shape index (κ3) is 1.81. The largest absolute Gasteiger partial charge is 0.459 e. The molecule has 3 unspecified atom stereocenters. The third-order valence-electron chi connectivity index (χ3n) is 2.56. The molecule has 1 N–H and O–H groups in total. The fourth-order valence-electron chi connectivity index (χ4n) is 1.76. The summed E-state index contributed by atoms with van der Waals surface area (Å²) in [5, 5.41) is 9.28. The number of rotatable bonds is 2. The predicted molar refractivity (Wildman–Crippen MR) is 48.6 cm³/mol. The van der Waals surface area contributed by atoms with E-state index in [0.717, 1.165) is 0 Å². The molecule has 0 spiro atoms. The molecule has 4 heteroatoms. The van der Waals surface area contributed by atoms with Crippen LogP contribution in [-0.4, -0.2) is 35.5 Å². The molecule has 1 fully saturated rings. The molecule has 4 nitrogen and oxygen atoms in total. The third-order valence-corrected chi connectivity index (χ3v) is 2.56. The first-order chi connectivity index (χ1) is 6.66.